The van der Waals surface area contributed by atoms with Crippen molar-refractivity contribution >= 4 is 35.0 Å². The fraction of sp³-hybridized carbons (Fsp3) is 0.400. The van der Waals surface area contributed by atoms with Gasteiger partial charge < -0.3 is 19.5 Å². The molecule has 0 saturated heterocycles. The van der Waals surface area contributed by atoms with Gasteiger partial charge in [-0.05, 0) is 37.8 Å². The number of hydrogen-bond acceptors (Lipinski definition) is 11. The van der Waals surface area contributed by atoms with E-state index in [4.69, 9.17) is 9.47 Å². The maximum Gasteiger partial charge on any atom is 0.280 e. The number of nitrogens with zero attached hydrogens (tertiary/aromatic N) is 5. The molecule has 1 aliphatic rings. The van der Waals surface area contributed by atoms with E-state index in [9.17, 15) is 4.79 Å². The minimum Gasteiger partial charge on any atom is -0.477 e. The summed E-state index contributed by atoms with van der Waals surface area (Å²) in [7, 11) is 1.57. The maximum absolute atomic E-state index is 12.9. The van der Waals surface area contributed by atoms with Crippen LogP contribution in [0.4, 0.5) is 5.82 Å². The maximum atomic E-state index is 12.9. The fourth-order valence-electron chi connectivity index (χ4n) is 2.68. The number of thiazole rings is 1. The third-order valence-electron chi connectivity index (χ3n) is 4.34. The van der Waals surface area contributed by atoms with Gasteiger partial charge in [0, 0.05) is 24.8 Å². The van der Waals surface area contributed by atoms with Crippen LogP contribution in [0, 0.1) is 0 Å². The van der Waals surface area contributed by atoms with Crippen molar-refractivity contribution in [3.8, 4) is 16.5 Å². The molecule has 10 nitrogen and oxygen atoms in total. The highest BCUT2D eigenvalue weighted by Gasteiger charge is 2.24. The third kappa shape index (κ3) is 5.90. The zero-order chi connectivity index (χ0) is 22.3. The number of rotatable bonds is 11. The van der Waals surface area contributed by atoms with Gasteiger partial charge in [0.15, 0.2) is 10.8 Å². The molecular formula is C20H23N7O3S2. The molecule has 32 heavy (non-hydrogen) atoms. The summed E-state index contributed by atoms with van der Waals surface area (Å²) < 4.78 is 13.9. The molecule has 0 radical (unpaired) electrons. The molecule has 3 heterocycles. The van der Waals surface area contributed by atoms with Crippen LogP contribution >= 0.6 is 23.3 Å². The van der Waals surface area contributed by atoms with E-state index in [1.165, 1.54) is 24.2 Å². The van der Waals surface area contributed by atoms with Crippen LogP contribution in [0.1, 0.15) is 41.4 Å². The molecule has 1 fully saturated rings. The number of hydrogen-bond donors (Lipinski definition) is 2. The van der Waals surface area contributed by atoms with E-state index in [1.54, 1.807) is 49.9 Å². The molecule has 1 unspecified atom stereocenters. The van der Waals surface area contributed by atoms with Crippen molar-refractivity contribution in [3.05, 3.63) is 41.7 Å². The quantitative estimate of drug-likeness (QED) is 0.401. The second kappa shape index (κ2) is 10.7. The molecule has 1 saturated carbocycles. The Balaban J connectivity index is 1.45. The molecule has 0 spiro atoms. The summed E-state index contributed by atoms with van der Waals surface area (Å²) >= 11 is 2.88. The van der Waals surface area contributed by atoms with Crippen LogP contribution in [-0.4, -0.2) is 56.4 Å². The molecule has 1 amide bonds. The minimum absolute atomic E-state index is 0.227. The van der Waals surface area contributed by atoms with Crippen molar-refractivity contribution in [2.45, 2.75) is 31.1 Å². The number of nitrogens with one attached hydrogen (secondary N) is 2. The lowest BCUT2D eigenvalue weighted by atomic mass is 10.3. The van der Waals surface area contributed by atoms with Gasteiger partial charge in [-0.15, -0.1) is 11.3 Å². The van der Waals surface area contributed by atoms with Gasteiger partial charge in [0.2, 0.25) is 5.88 Å². The number of carbonyl (C=O) groups is 1. The van der Waals surface area contributed by atoms with Crippen LogP contribution in [0.5, 0.6) is 5.88 Å². The lowest BCUT2D eigenvalue weighted by molar-refractivity contribution is 0.0891. The van der Waals surface area contributed by atoms with Crippen LogP contribution in [0.25, 0.3) is 10.6 Å². The van der Waals surface area contributed by atoms with E-state index in [1.807, 2.05) is 6.92 Å². The van der Waals surface area contributed by atoms with E-state index < -0.39 is 6.04 Å². The topological polar surface area (TPSA) is 124 Å². The van der Waals surface area contributed by atoms with Crippen molar-refractivity contribution in [2.24, 2.45) is 0 Å². The molecule has 3 aromatic rings. The monoisotopic (exact) mass is 473 g/mol. The SMILES string of the molecule is CCOc1cncc(-c2cnc(C(=O)NC(COC)c3nccc(NSC4CC4)n3)s2)n1. The Morgan fingerprint density at radius 1 is 1.28 bits per heavy atom. The van der Waals surface area contributed by atoms with Crippen LogP contribution in [-0.2, 0) is 4.74 Å². The van der Waals surface area contributed by atoms with Crippen molar-refractivity contribution in [3.63, 3.8) is 0 Å². The van der Waals surface area contributed by atoms with Crippen LogP contribution < -0.4 is 14.8 Å². The first kappa shape index (κ1) is 22.4. The second-order valence-electron chi connectivity index (χ2n) is 6.91. The molecule has 0 aliphatic heterocycles. The molecule has 0 bridgehead atoms. The zero-order valence-corrected chi connectivity index (χ0v) is 19.3. The average Bonchev–Trinajstić information content (AvgIpc) is 3.51. The Hall–Kier alpha value is -2.83. The van der Waals surface area contributed by atoms with E-state index in [0.717, 1.165) is 0 Å². The lowest BCUT2D eigenvalue weighted by Crippen LogP contribution is -2.32. The van der Waals surface area contributed by atoms with Crippen molar-refractivity contribution < 1.29 is 14.3 Å². The standard InChI is InChI=1S/C20H23N7O3S2/c1-3-30-17-10-21-8-13(24-17)15-9-23-20(31-15)19(28)25-14(11-29-2)18-22-7-6-16(26-18)27-32-12-4-5-12/h6-10,12,14H,3-5,11H2,1-2H3,(H,25,28)(H,22,26,27). The Labute approximate surface area is 193 Å². The fourth-order valence-corrected chi connectivity index (χ4v) is 4.22. The summed E-state index contributed by atoms with van der Waals surface area (Å²) in [4.78, 5) is 35.2. The highest BCUT2D eigenvalue weighted by atomic mass is 32.2. The van der Waals surface area contributed by atoms with E-state index in [2.05, 4.69) is 35.0 Å². The molecule has 4 rings (SSSR count). The first-order valence-corrected chi connectivity index (χ1v) is 11.8. The molecule has 1 aliphatic carbocycles. The lowest BCUT2D eigenvalue weighted by Gasteiger charge is -2.16. The number of aromatic nitrogens is 5. The van der Waals surface area contributed by atoms with Crippen LogP contribution in [0.3, 0.4) is 0 Å². The van der Waals surface area contributed by atoms with Crippen molar-refractivity contribution in [1.29, 1.82) is 0 Å². The van der Waals surface area contributed by atoms with E-state index in [-0.39, 0.29) is 12.5 Å². The normalized spacial score (nSPS) is 14.1. The highest BCUT2D eigenvalue weighted by Crippen LogP contribution is 2.34. The van der Waals surface area contributed by atoms with Gasteiger partial charge in [-0.25, -0.2) is 19.9 Å². The van der Waals surface area contributed by atoms with Gasteiger partial charge in [-0.2, -0.15) is 0 Å². The van der Waals surface area contributed by atoms with Gasteiger partial charge in [0.1, 0.15) is 17.6 Å². The zero-order valence-electron chi connectivity index (χ0n) is 17.6. The van der Waals surface area contributed by atoms with Gasteiger partial charge in [0.25, 0.3) is 5.91 Å². The molecule has 3 aromatic heterocycles. The summed E-state index contributed by atoms with van der Waals surface area (Å²) in [5, 5.41) is 3.85. The Bertz CT molecular complexity index is 1060. The first-order chi connectivity index (χ1) is 15.7. The van der Waals surface area contributed by atoms with E-state index in [0.29, 0.717) is 45.0 Å². The number of ether oxygens (including phenoxy) is 2. The highest BCUT2D eigenvalue weighted by molar-refractivity contribution is 8.01. The van der Waals surface area contributed by atoms with Crippen LogP contribution in [0.2, 0.25) is 0 Å². The molecule has 1 atom stereocenters. The molecular weight excluding hydrogens is 450 g/mol. The summed E-state index contributed by atoms with van der Waals surface area (Å²) in [6.45, 7) is 2.60. The number of amides is 1. The van der Waals surface area contributed by atoms with Gasteiger partial charge in [0.05, 0.1) is 30.5 Å². The van der Waals surface area contributed by atoms with Gasteiger partial charge in [-0.1, -0.05) is 0 Å². The second-order valence-corrected chi connectivity index (χ2v) is 9.04. The number of anilines is 1. The predicted octanol–water partition coefficient (Wildman–Crippen LogP) is 3.13. The molecule has 168 valence electrons. The summed E-state index contributed by atoms with van der Waals surface area (Å²) in [5.41, 5.74) is 0.594. The molecule has 2 N–H and O–H groups in total. The first-order valence-electron chi connectivity index (χ1n) is 10.1. The molecule has 12 heteroatoms. The number of methoxy groups -OCH3 is 1. The Kier molecular flexibility index (Phi) is 7.45. The van der Waals surface area contributed by atoms with Crippen molar-refractivity contribution in [2.75, 3.05) is 25.0 Å². The number of carbonyl (C=O) groups excluding carboxylic acids is 1. The average molecular weight is 474 g/mol. The minimum atomic E-state index is -0.520. The summed E-state index contributed by atoms with van der Waals surface area (Å²) in [6.07, 6.45) is 8.85. The smallest absolute Gasteiger partial charge is 0.280 e. The van der Waals surface area contributed by atoms with Crippen molar-refractivity contribution in [1.82, 2.24) is 30.2 Å². The molecule has 0 aromatic carbocycles. The van der Waals surface area contributed by atoms with Crippen LogP contribution in [0.15, 0.2) is 30.9 Å². The summed E-state index contributed by atoms with van der Waals surface area (Å²) in [5.74, 6) is 1.25. The predicted molar refractivity (Wildman–Crippen MR) is 123 cm³/mol. The Morgan fingerprint density at radius 2 is 2.16 bits per heavy atom. The van der Waals surface area contributed by atoms with Gasteiger partial charge in [-0.3, -0.25) is 9.78 Å². The third-order valence-corrected chi connectivity index (χ3v) is 6.49. The van der Waals surface area contributed by atoms with E-state index >= 15 is 0 Å². The Morgan fingerprint density at radius 3 is 2.94 bits per heavy atom. The largest absolute Gasteiger partial charge is 0.477 e. The summed E-state index contributed by atoms with van der Waals surface area (Å²) in [6, 6.07) is 1.28. The van der Waals surface area contributed by atoms with Gasteiger partial charge >= 0.3 is 0 Å².